The summed E-state index contributed by atoms with van der Waals surface area (Å²) in [6, 6.07) is 7.83. The lowest BCUT2D eigenvalue weighted by molar-refractivity contribution is -0.136. The fourth-order valence-electron chi connectivity index (χ4n) is 1.58. The second-order valence-electron chi connectivity index (χ2n) is 3.99. The first-order chi connectivity index (χ1) is 9.02. The normalized spacial score (nSPS) is 10.2. The fraction of sp³-hybridized carbons (Fsp3) is 0.154. The predicted molar refractivity (Wildman–Crippen MR) is 67.5 cm³/mol. The molecule has 0 saturated heterocycles. The highest BCUT2D eigenvalue weighted by atomic mass is 16.5. The Morgan fingerprint density at radius 3 is 2.63 bits per heavy atom. The zero-order chi connectivity index (χ0) is 13.8. The van der Waals surface area contributed by atoms with Crippen LogP contribution < -0.4 is 10.3 Å². The number of carboxylic acid groups (broad SMARTS) is 1. The van der Waals surface area contributed by atoms with Crippen molar-refractivity contribution >= 4 is 5.97 Å². The van der Waals surface area contributed by atoms with Gasteiger partial charge in [-0.15, -0.1) is 0 Å². The molecule has 2 aromatic rings. The summed E-state index contributed by atoms with van der Waals surface area (Å²) in [5, 5.41) is 8.65. The Morgan fingerprint density at radius 2 is 2.05 bits per heavy atom. The van der Waals surface area contributed by atoms with Crippen molar-refractivity contribution in [3.8, 4) is 11.6 Å². The molecule has 19 heavy (non-hydrogen) atoms. The lowest BCUT2D eigenvalue weighted by atomic mass is 10.1. The van der Waals surface area contributed by atoms with Gasteiger partial charge in [0.25, 0.3) is 5.56 Å². The summed E-state index contributed by atoms with van der Waals surface area (Å²) in [6.07, 6.45) is -0.0390. The first kappa shape index (κ1) is 12.8. The lowest BCUT2D eigenvalue weighted by Crippen LogP contribution is -2.08. The minimum absolute atomic E-state index is 0.0390. The maximum absolute atomic E-state index is 11.2. The number of aromatic amines is 1. The second-order valence-corrected chi connectivity index (χ2v) is 3.99. The number of aromatic nitrogens is 2. The van der Waals surface area contributed by atoms with Crippen molar-refractivity contribution < 1.29 is 14.6 Å². The van der Waals surface area contributed by atoms with E-state index in [0.29, 0.717) is 17.1 Å². The number of carboxylic acids is 1. The standard InChI is InChI=1S/C13H12N2O4/c1-8-14-11(16)7-12(15-8)19-10-4-2-9(3-5-10)6-13(17)18/h2-5,7H,6H2,1H3,(H,17,18)(H,14,15,16). The first-order valence-corrected chi connectivity index (χ1v) is 5.59. The highest BCUT2D eigenvalue weighted by Gasteiger charge is 2.03. The van der Waals surface area contributed by atoms with Gasteiger partial charge in [0.15, 0.2) is 0 Å². The summed E-state index contributed by atoms with van der Waals surface area (Å²) in [6.45, 7) is 1.66. The Bertz CT molecular complexity index is 646. The number of carbonyl (C=O) groups is 1. The first-order valence-electron chi connectivity index (χ1n) is 5.59. The lowest BCUT2D eigenvalue weighted by Gasteiger charge is -2.05. The van der Waals surface area contributed by atoms with Crippen molar-refractivity contribution in [3.63, 3.8) is 0 Å². The Hall–Kier alpha value is -2.63. The van der Waals surface area contributed by atoms with E-state index in [4.69, 9.17) is 9.84 Å². The molecule has 0 spiro atoms. The molecule has 0 saturated carbocycles. The van der Waals surface area contributed by atoms with Crippen LogP contribution in [0.15, 0.2) is 35.1 Å². The molecule has 2 rings (SSSR count). The topological polar surface area (TPSA) is 92.3 Å². The van der Waals surface area contributed by atoms with E-state index in [0.717, 1.165) is 0 Å². The van der Waals surface area contributed by atoms with Crippen molar-refractivity contribution in [2.45, 2.75) is 13.3 Å². The molecular formula is C13H12N2O4. The molecular weight excluding hydrogens is 248 g/mol. The number of hydrogen-bond acceptors (Lipinski definition) is 4. The van der Waals surface area contributed by atoms with Gasteiger partial charge < -0.3 is 14.8 Å². The maximum atomic E-state index is 11.2. The van der Waals surface area contributed by atoms with Crippen molar-refractivity contribution in [2.75, 3.05) is 0 Å². The van der Waals surface area contributed by atoms with Crippen LogP contribution in [0.5, 0.6) is 11.6 Å². The number of aryl methyl sites for hydroxylation is 1. The Balaban J connectivity index is 2.15. The van der Waals surface area contributed by atoms with Crippen LogP contribution in [0.3, 0.4) is 0 Å². The predicted octanol–water partition coefficient (Wildman–Crippen LogP) is 1.50. The van der Waals surface area contributed by atoms with Crippen LogP contribution in [-0.2, 0) is 11.2 Å². The van der Waals surface area contributed by atoms with E-state index < -0.39 is 5.97 Å². The summed E-state index contributed by atoms with van der Waals surface area (Å²) < 4.78 is 5.42. The number of rotatable bonds is 4. The summed E-state index contributed by atoms with van der Waals surface area (Å²) in [7, 11) is 0. The van der Waals surface area contributed by atoms with Crippen LogP contribution >= 0.6 is 0 Å². The van der Waals surface area contributed by atoms with Crippen LogP contribution in [0.2, 0.25) is 0 Å². The quantitative estimate of drug-likeness (QED) is 0.869. The third-order valence-corrected chi connectivity index (χ3v) is 2.34. The molecule has 0 aliphatic rings. The van der Waals surface area contributed by atoms with Gasteiger partial charge in [0.1, 0.15) is 11.6 Å². The molecule has 0 amide bonds. The van der Waals surface area contributed by atoms with Gasteiger partial charge in [0.2, 0.25) is 5.88 Å². The van der Waals surface area contributed by atoms with E-state index in [-0.39, 0.29) is 17.9 Å². The van der Waals surface area contributed by atoms with Crippen molar-refractivity contribution in [1.82, 2.24) is 9.97 Å². The minimum atomic E-state index is -0.888. The monoisotopic (exact) mass is 260 g/mol. The van der Waals surface area contributed by atoms with E-state index in [2.05, 4.69) is 9.97 Å². The molecule has 0 aliphatic heterocycles. The van der Waals surface area contributed by atoms with E-state index in [1.165, 1.54) is 6.07 Å². The van der Waals surface area contributed by atoms with Gasteiger partial charge in [-0.05, 0) is 24.6 Å². The molecule has 0 aliphatic carbocycles. The number of H-pyrrole nitrogens is 1. The molecule has 0 radical (unpaired) electrons. The van der Waals surface area contributed by atoms with Gasteiger partial charge in [-0.2, -0.15) is 0 Å². The largest absolute Gasteiger partial charge is 0.481 e. The number of nitrogens with one attached hydrogen (secondary N) is 1. The van der Waals surface area contributed by atoms with Gasteiger partial charge in [-0.25, -0.2) is 4.98 Å². The summed E-state index contributed by atoms with van der Waals surface area (Å²) in [5.74, 6) is 0.268. The Morgan fingerprint density at radius 1 is 1.37 bits per heavy atom. The van der Waals surface area contributed by atoms with Gasteiger partial charge in [0.05, 0.1) is 12.5 Å². The molecule has 1 aromatic heterocycles. The molecule has 2 N–H and O–H groups in total. The van der Waals surface area contributed by atoms with E-state index in [1.54, 1.807) is 31.2 Å². The fourth-order valence-corrected chi connectivity index (χ4v) is 1.58. The zero-order valence-electron chi connectivity index (χ0n) is 10.2. The molecule has 0 unspecified atom stereocenters. The van der Waals surface area contributed by atoms with Crippen LogP contribution in [0.25, 0.3) is 0 Å². The molecule has 1 aromatic carbocycles. The minimum Gasteiger partial charge on any atom is -0.481 e. The highest BCUT2D eigenvalue weighted by Crippen LogP contribution is 2.18. The van der Waals surface area contributed by atoms with Crippen LogP contribution in [-0.4, -0.2) is 21.0 Å². The van der Waals surface area contributed by atoms with E-state index in [1.807, 2.05) is 0 Å². The summed E-state index contributed by atoms with van der Waals surface area (Å²) >= 11 is 0. The average molecular weight is 260 g/mol. The van der Waals surface area contributed by atoms with Crippen LogP contribution in [0, 0.1) is 6.92 Å². The molecule has 6 heteroatoms. The Kier molecular flexibility index (Phi) is 3.61. The molecule has 0 atom stereocenters. The van der Waals surface area contributed by atoms with Gasteiger partial charge in [-0.3, -0.25) is 9.59 Å². The Labute approximate surface area is 108 Å². The average Bonchev–Trinajstić information content (AvgIpc) is 2.29. The van der Waals surface area contributed by atoms with Gasteiger partial charge in [-0.1, -0.05) is 12.1 Å². The third-order valence-electron chi connectivity index (χ3n) is 2.34. The van der Waals surface area contributed by atoms with Crippen LogP contribution in [0.4, 0.5) is 0 Å². The van der Waals surface area contributed by atoms with Crippen LogP contribution in [0.1, 0.15) is 11.4 Å². The number of nitrogens with zero attached hydrogens (tertiary/aromatic N) is 1. The molecule has 98 valence electrons. The SMILES string of the molecule is Cc1nc(Oc2ccc(CC(=O)O)cc2)cc(=O)[nH]1. The zero-order valence-corrected chi connectivity index (χ0v) is 10.2. The number of ether oxygens (including phenoxy) is 1. The third kappa shape index (κ3) is 3.67. The number of benzene rings is 1. The van der Waals surface area contributed by atoms with Crippen molar-refractivity contribution in [2.24, 2.45) is 0 Å². The number of aliphatic carboxylic acids is 1. The van der Waals surface area contributed by atoms with E-state index >= 15 is 0 Å². The number of hydrogen-bond donors (Lipinski definition) is 2. The van der Waals surface area contributed by atoms with Gasteiger partial charge >= 0.3 is 5.97 Å². The molecule has 6 nitrogen and oxygen atoms in total. The second kappa shape index (κ2) is 5.34. The summed E-state index contributed by atoms with van der Waals surface area (Å²) in [5.41, 5.74) is 0.389. The smallest absolute Gasteiger partial charge is 0.307 e. The maximum Gasteiger partial charge on any atom is 0.307 e. The van der Waals surface area contributed by atoms with E-state index in [9.17, 15) is 9.59 Å². The molecule has 0 bridgehead atoms. The van der Waals surface area contributed by atoms with Crippen molar-refractivity contribution in [1.29, 1.82) is 0 Å². The van der Waals surface area contributed by atoms with Crippen molar-refractivity contribution in [3.05, 3.63) is 52.1 Å². The molecule has 0 fully saturated rings. The highest BCUT2D eigenvalue weighted by molar-refractivity contribution is 5.70. The van der Waals surface area contributed by atoms with Gasteiger partial charge in [0, 0.05) is 0 Å². The summed E-state index contributed by atoms with van der Waals surface area (Å²) in [4.78, 5) is 28.3. The molecule has 1 heterocycles.